The Bertz CT molecular complexity index is 1120. The van der Waals surface area contributed by atoms with E-state index in [2.05, 4.69) is 26.8 Å². The number of aliphatic hydroxyl groups is 2. The van der Waals surface area contributed by atoms with Crippen molar-refractivity contribution in [1.82, 2.24) is 4.57 Å². The van der Waals surface area contributed by atoms with E-state index in [1.54, 1.807) is 0 Å². The summed E-state index contributed by atoms with van der Waals surface area (Å²) in [5, 5.41) is 22.9. The molecule has 2 N–H and O–H groups in total. The topological polar surface area (TPSA) is 62.5 Å². The van der Waals surface area contributed by atoms with Crippen LogP contribution in [0.5, 0.6) is 0 Å². The van der Waals surface area contributed by atoms with E-state index in [0.29, 0.717) is 41.9 Å². The molecule has 4 fully saturated rings. The molecule has 0 spiro atoms. The summed E-state index contributed by atoms with van der Waals surface area (Å²) in [5.41, 5.74) is 1.55. The van der Waals surface area contributed by atoms with Crippen molar-refractivity contribution in [3.05, 3.63) is 36.5 Å². The van der Waals surface area contributed by atoms with E-state index in [4.69, 9.17) is 0 Å². The van der Waals surface area contributed by atoms with Gasteiger partial charge in [-0.25, -0.2) is 0 Å². The van der Waals surface area contributed by atoms with Crippen LogP contribution < -0.4 is 0 Å². The molecule has 0 amide bonds. The number of aliphatic hydroxyl groups excluding tert-OH is 2. The second-order valence-corrected chi connectivity index (χ2v) is 13.6. The van der Waals surface area contributed by atoms with Crippen molar-refractivity contribution in [1.29, 1.82) is 0 Å². The molecule has 4 nitrogen and oxygen atoms in total. The number of para-hydroxylation sites is 1. The van der Waals surface area contributed by atoms with Crippen molar-refractivity contribution in [3.63, 3.8) is 0 Å². The van der Waals surface area contributed by atoms with E-state index in [1.165, 1.54) is 25.7 Å². The minimum atomic E-state index is -0.222. The minimum absolute atomic E-state index is 0.176. The summed E-state index contributed by atoms with van der Waals surface area (Å²) >= 11 is 0. The van der Waals surface area contributed by atoms with Crippen molar-refractivity contribution in [2.24, 2.45) is 46.3 Å². The smallest absolute Gasteiger partial charge is 0.231 e. The van der Waals surface area contributed by atoms with E-state index in [9.17, 15) is 15.0 Å². The maximum atomic E-state index is 13.1. The molecule has 196 valence electrons. The Kier molecular flexibility index (Phi) is 6.15. The third kappa shape index (κ3) is 3.73. The first-order chi connectivity index (χ1) is 17.2. The van der Waals surface area contributed by atoms with Crippen LogP contribution in [0.25, 0.3) is 10.9 Å². The van der Waals surface area contributed by atoms with Gasteiger partial charge < -0.3 is 10.2 Å². The van der Waals surface area contributed by atoms with Crippen molar-refractivity contribution >= 4 is 16.8 Å². The maximum absolute atomic E-state index is 13.1. The van der Waals surface area contributed by atoms with Crippen LogP contribution in [0.3, 0.4) is 0 Å². The van der Waals surface area contributed by atoms with E-state index < -0.39 is 0 Å². The first kappa shape index (κ1) is 24.7. The third-order valence-electron chi connectivity index (χ3n) is 12.1. The lowest BCUT2D eigenvalue weighted by molar-refractivity contribution is -0.174. The molecular formula is C32H45NO3. The molecule has 6 rings (SSSR count). The van der Waals surface area contributed by atoms with Crippen molar-refractivity contribution in [2.75, 3.05) is 0 Å². The fraction of sp³-hybridized carbons (Fsp3) is 0.719. The first-order valence-electron chi connectivity index (χ1n) is 14.7. The van der Waals surface area contributed by atoms with Crippen molar-refractivity contribution in [2.45, 2.75) is 97.2 Å². The largest absolute Gasteiger partial charge is 0.393 e. The lowest BCUT2D eigenvalue weighted by atomic mass is 9.43. The summed E-state index contributed by atoms with van der Waals surface area (Å²) in [6.07, 6.45) is 11.8. The summed E-state index contributed by atoms with van der Waals surface area (Å²) in [4.78, 5) is 13.1. The van der Waals surface area contributed by atoms with Gasteiger partial charge in [-0.15, -0.1) is 0 Å². The molecule has 1 aromatic carbocycles. The SMILES string of the molecule is C[C@H](CCC(=O)n1ccc2ccccc21)[C@H]1CC[C@H]2[C@@H]3[C@H](O)C[C@@H]4C[C@H](O)CC[C@]4(C)[C@H]3CC[C@]12C. The van der Waals surface area contributed by atoms with Gasteiger partial charge in [0.05, 0.1) is 17.7 Å². The molecule has 10 atom stereocenters. The molecule has 0 bridgehead atoms. The van der Waals surface area contributed by atoms with E-state index in [-0.39, 0.29) is 28.9 Å². The fourth-order valence-electron chi connectivity index (χ4n) is 10.1. The predicted octanol–water partition coefficient (Wildman–Crippen LogP) is 6.69. The Morgan fingerprint density at radius 1 is 1.00 bits per heavy atom. The van der Waals surface area contributed by atoms with Crippen LogP contribution in [0.2, 0.25) is 0 Å². The zero-order chi connectivity index (χ0) is 25.2. The number of carbonyl (C=O) groups excluding carboxylic acids is 1. The Labute approximate surface area is 216 Å². The van der Waals surface area contributed by atoms with Crippen molar-refractivity contribution < 1.29 is 15.0 Å². The average molecular weight is 492 g/mol. The van der Waals surface area contributed by atoms with Gasteiger partial charge in [0.25, 0.3) is 0 Å². The van der Waals surface area contributed by atoms with Gasteiger partial charge in [-0.3, -0.25) is 9.36 Å². The number of nitrogens with zero attached hydrogens (tertiary/aromatic N) is 1. The van der Waals surface area contributed by atoms with Gasteiger partial charge in [-0.05, 0) is 116 Å². The van der Waals surface area contributed by atoms with Crippen LogP contribution in [0.4, 0.5) is 0 Å². The molecular weight excluding hydrogens is 446 g/mol. The lowest BCUT2D eigenvalue weighted by Gasteiger charge is -2.62. The normalized spacial score (nSPS) is 43.0. The molecule has 0 saturated heterocycles. The number of rotatable bonds is 4. The van der Waals surface area contributed by atoms with E-state index in [0.717, 1.165) is 43.0 Å². The summed E-state index contributed by atoms with van der Waals surface area (Å²) in [6.45, 7) is 7.39. The highest BCUT2D eigenvalue weighted by Gasteiger charge is 2.62. The fourth-order valence-corrected chi connectivity index (χ4v) is 10.1. The van der Waals surface area contributed by atoms with Crippen LogP contribution in [0, 0.1) is 46.3 Å². The molecule has 1 aromatic heterocycles. The monoisotopic (exact) mass is 491 g/mol. The third-order valence-corrected chi connectivity index (χ3v) is 12.1. The molecule has 36 heavy (non-hydrogen) atoms. The van der Waals surface area contributed by atoms with Gasteiger partial charge in [-0.2, -0.15) is 0 Å². The lowest BCUT2D eigenvalue weighted by Crippen LogP contribution is -2.58. The van der Waals surface area contributed by atoms with Gasteiger partial charge in [0.2, 0.25) is 5.91 Å². The first-order valence-corrected chi connectivity index (χ1v) is 14.7. The zero-order valence-corrected chi connectivity index (χ0v) is 22.4. The molecule has 4 heteroatoms. The van der Waals surface area contributed by atoms with Crippen LogP contribution in [-0.4, -0.2) is 32.9 Å². The molecule has 4 aliphatic rings. The van der Waals surface area contributed by atoms with Crippen LogP contribution >= 0.6 is 0 Å². The molecule has 0 radical (unpaired) electrons. The summed E-state index contributed by atoms with van der Waals surface area (Å²) < 4.78 is 1.84. The standard InChI is InChI=1S/C32H45NO3/c1-20(8-11-29(36)33-17-14-21-6-4-5-7-27(21)33)24-9-10-25-30-26(13-16-32(24,25)3)31(2)15-12-23(34)18-22(31)19-28(30)35/h4-7,14,17,20,22-26,28,30,34-35H,8-13,15-16,18-19H2,1-3H3/t20-,22+,23-,24-,25+,26+,28-,30+,31+,32-/m1/s1. The number of hydrogen-bond donors (Lipinski definition) is 2. The summed E-state index contributed by atoms with van der Waals surface area (Å²) in [5.74, 6) is 3.40. The molecule has 0 aliphatic heterocycles. The molecule has 1 heterocycles. The number of fused-ring (bicyclic) bond motifs is 6. The zero-order valence-electron chi connectivity index (χ0n) is 22.4. The van der Waals surface area contributed by atoms with Gasteiger partial charge in [0, 0.05) is 18.0 Å². The minimum Gasteiger partial charge on any atom is -0.393 e. The Morgan fingerprint density at radius 3 is 2.58 bits per heavy atom. The second kappa shape index (κ2) is 8.98. The highest BCUT2D eigenvalue weighted by molar-refractivity contribution is 5.92. The Hall–Kier alpha value is -1.65. The van der Waals surface area contributed by atoms with Crippen LogP contribution in [0.1, 0.15) is 89.8 Å². The number of carbonyl (C=O) groups is 1. The van der Waals surface area contributed by atoms with E-state index in [1.807, 2.05) is 35.0 Å². The summed E-state index contributed by atoms with van der Waals surface area (Å²) in [6, 6.07) is 10.2. The number of benzene rings is 1. The van der Waals surface area contributed by atoms with Crippen LogP contribution in [-0.2, 0) is 0 Å². The predicted molar refractivity (Wildman–Crippen MR) is 144 cm³/mol. The number of aromatic nitrogens is 1. The van der Waals surface area contributed by atoms with Gasteiger partial charge in [-0.1, -0.05) is 39.0 Å². The highest BCUT2D eigenvalue weighted by Crippen LogP contribution is 2.68. The molecule has 0 unspecified atom stereocenters. The molecule has 2 aromatic rings. The highest BCUT2D eigenvalue weighted by atomic mass is 16.3. The number of hydrogen-bond acceptors (Lipinski definition) is 3. The van der Waals surface area contributed by atoms with Gasteiger partial charge >= 0.3 is 0 Å². The summed E-state index contributed by atoms with van der Waals surface area (Å²) in [7, 11) is 0. The van der Waals surface area contributed by atoms with Gasteiger partial charge in [0.15, 0.2) is 0 Å². The molecule has 4 saturated carbocycles. The molecule has 4 aliphatic carbocycles. The Balaban J connectivity index is 1.16. The maximum Gasteiger partial charge on any atom is 0.231 e. The Morgan fingerprint density at radius 2 is 1.75 bits per heavy atom. The van der Waals surface area contributed by atoms with Crippen LogP contribution in [0.15, 0.2) is 36.5 Å². The van der Waals surface area contributed by atoms with Crippen molar-refractivity contribution in [3.8, 4) is 0 Å². The van der Waals surface area contributed by atoms with Gasteiger partial charge in [0.1, 0.15) is 0 Å². The van der Waals surface area contributed by atoms with E-state index >= 15 is 0 Å². The second-order valence-electron chi connectivity index (χ2n) is 13.6. The quantitative estimate of drug-likeness (QED) is 0.501. The average Bonchev–Trinajstić information content (AvgIpc) is 3.44.